The van der Waals surface area contributed by atoms with Gasteiger partial charge in [-0.3, -0.25) is 10.1 Å². The third kappa shape index (κ3) is 3.53. The Labute approximate surface area is 114 Å². The molecule has 1 aliphatic rings. The van der Waals surface area contributed by atoms with Crippen molar-refractivity contribution in [3.8, 4) is 0 Å². The molecule has 0 amide bonds. The molecule has 4 nitrogen and oxygen atoms in total. The van der Waals surface area contributed by atoms with Gasteiger partial charge in [-0.1, -0.05) is 38.8 Å². The lowest BCUT2D eigenvalue weighted by atomic mass is 10.0. The molecule has 0 saturated heterocycles. The molecule has 1 aliphatic carbocycles. The van der Waals surface area contributed by atoms with Crippen LogP contribution in [0.2, 0.25) is 0 Å². The predicted octanol–water partition coefficient (Wildman–Crippen LogP) is 3.82. The summed E-state index contributed by atoms with van der Waals surface area (Å²) in [5.74, 6) is 0.790. The highest BCUT2D eigenvalue weighted by molar-refractivity contribution is 5.36. The van der Waals surface area contributed by atoms with Crippen LogP contribution in [0.3, 0.4) is 0 Å². The number of nitro benzene ring substituents is 1. The van der Waals surface area contributed by atoms with Gasteiger partial charge in [-0.15, -0.1) is 0 Å². The topological polar surface area (TPSA) is 55.2 Å². The molecule has 2 rings (SSSR count). The molecule has 0 bridgehead atoms. The zero-order valence-electron chi connectivity index (χ0n) is 11.6. The molecular formula is C15H22N2O2. The van der Waals surface area contributed by atoms with E-state index in [9.17, 15) is 10.1 Å². The van der Waals surface area contributed by atoms with Gasteiger partial charge in [0.1, 0.15) is 0 Å². The van der Waals surface area contributed by atoms with Crippen LogP contribution < -0.4 is 5.32 Å². The largest absolute Gasteiger partial charge is 0.307 e. The summed E-state index contributed by atoms with van der Waals surface area (Å²) < 4.78 is 0. The third-order valence-electron chi connectivity index (χ3n) is 3.92. The average molecular weight is 262 g/mol. The van der Waals surface area contributed by atoms with Gasteiger partial charge in [0.25, 0.3) is 5.69 Å². The van der Waals surface area contributed by atoms with Crippen molar-refractivity contribution in [2.24, 2.45) is 5.92 Å². The van der Waals surface area contributed by atoms with Gasteiger partial charge in [0, 0.05) is 24.2 Å². The monoisotopic (exact) mass is 262 g/mol. The van der Waals surface area contributed by atoms with Crippen molar-refractivity contribution in [3.63, 3.8) is 0 Å². The molecule has 0 heterocycles. The standard InChI is InChI=1S/C15H22N2O2/c1-3-6-14(16-15-10-11(15)4-2)12-7-5-8-13(9-12)17(18)19/h5,7-9,11,14-16H,3-4,6,10H2,1-2H3. The molecule has 0 spiro atoms. The summed E-state index contributed by atoms with van der Waals surface area (Å²) in [5, 5.41) is 14.5. The minimum atomic E-state index is -0.321. The van der Waals surface area contributed by atoms with E-state index in [1.54, 1.807) is 18.2 Å². The van der Waals surface area contributed by atoms with E-state index in [1.165, 1.54) is 12.8 Å². The number of nitrogens with one attached hydrogen (secondary N) is 1. The van der Waals surface area contributed by atoms with Gasteiger partial charge >= 0.3 is 0 Å². The van der Waals surface area contributed by atoms with Crippen LogP contribution in [0.1, 0.15) is 51.1 Å². The second-order valence-electron chi connectivity index (χ2n) is 5.37. The van der Waals surface area contributed by atoms with Crippen molar-refractivity contribution in [2.75, 3.05) is 0 Å². The zero-order chi connectivity index (χ0) is 13.8. The number of hydrogen-bond donors (Lipinski definition) is 1. The number of benzene rings is 1. The van der Waals surface area contributed by atoms with Gasteiger partial charge in [-0.2, -0.15) is 0 Å². The molecule has 1 saturated carbocycles. The molecule has 0 radical (unpaired) electrons. The highest BCUT2D eigenvalue weighted by Crippen LogP contribution is 2.36. The molecule has 4 heteroatoms. The fourth-order valence-electron chi connectivity index (χ4n) is 2.65. The van der Waals surface area contributed by atoms with E-state index in [1.807, 2.05) is 6.07 Å². The maximum absolute atomic E-state index is 10.9. The van der Waals surface area contributed by atoms with Crippen LogP contribution in [-0.4, -0.2) is 11.0 Å². The lowest BCUT2D eigenvalue weighted by Gasteiger charge is -2.18. The van der Waals surface area contributed by atoms with Gasteiger partial charge in [-0.25, -0.2) is 0 Å². The maximum Gasteiger partial charge on any atom is 0.269 e. The number of rotatable bonds is 7. The molecule has 1 aromatic carbocycles. The quantitative estimate of drug-likeness (QED) is 0.600. The Balaban J connectivity index is 2.09. The van der Waals surface area contributed by atoms with Crippen LogP contribution >= 0.6 is 0 Å². The predicted molar refractivity (Wildman–Crippen MR) is 76.1 cm³/mol. The normalized spacial score (nSPS) is 23.1. The van der Waals surface area contributed by atoms with Gasteiger partial charge in [0.2, 0.25) is 0 Å². The molecule has 1 aromatic rings. The average Bonchev–Trinajstić information content (AvgIpc) is 3.17. The summed E-state index contributed by atoms with van der Waals surface area (Å²) in [7, 11) is 0. The fraction of sp³-hybridized carbons (Fsp3) is 0.600. The van der Waals surface area contributed by atoms with Crippen molar-refractivity contribution in [1.29, 1.82) is 0 Å². The second kappa shape index (κ2) is 6.15. The Kier molecular flexibility index (Phi) is 4.53. The number of hydrogen-bond acceptors (Lipinski definition) is 3. The smallest absolute Gasteiger partial charge is 0.269 e. The molecule has 1 N–H and O–H groups in total. The van der Waals surface area contributed by atoms with Crippen molar-refractivity contribution in [2.45, 2.75) is 51.6 Å². The van der Waals surface area contributed by atoms with Crippen LogP contribution in [0.15, 0.2) is 24.3 Å². The molecule has 0 aliphatic heterocycles. The van der Waals surface area contributed by atoms with E-state index in [2.05, 4.69) is 19.2 Å². The third-order valence-corrected chi connectivity index (χ3v) is 3.92. The number of nitro groups is 1. The minimum absolute atomic E-state index is 0.184. The van der Waals surface area contributed by atoms with Gasteiger partial charge < -0.3 is 5.32 Å². The summed E-state index contributed by atoms with van der Waals surface area (Å²) in [4.78, 5) is 10.5. The minimum Gasteiger partial charge on any atom is -0.307 e. The van der Waals surface area contributed by atoms with Crippen molar-refractivity contribution < 1.29 is 4.92 Å². The molecular weight excluding hydrogens is 240 g/mol. The fourth-order valence-corrected chi connectivity index (χ4v) is 2.65. The molecule has 3 atom stereocenters. The summed E-state index contributed by atoms with van der Waals surface area (Å²) in [6.07, 6.45) is 4.55. The highest BCUT2D eigenvalue weighted by Gasteiger charge is 2.36. The van der Waals surface area contributed by atoms with E-state index in [-0.39, 0.29) is 16.7 Å². The summed E-state index contributed by atoms with van der Waals surface area (Å²) in [6, 6.07) is 7.87. The summed E-state index contributed by atoms with van der Waals surface area (Å²) >= 11 is 0. The first-order valence-electron chi connectivity index (χ1n) is 7.16. The Morgan fingerprint density at radius 3 is 2.84 bits per heavy atom. The zero-order valence-corrected chi connectivity index (χ0v) is 11.6. The number of non-ortho nitro benzene ring substituents is 1. The molecule has 19 heavy (non-hydrogen) atoms. The van der Waals surface area contributed by atoms with E-state index < -0.39 is 0 Å². The SMILES string of the molecule is CCCC(NC1CC1CC)c1cccc([N+](=O)[O-])c1. The highest BCUT2D eigenvalue weighted by atomic mass is 16.6. The van der Waals surface area contributed by atoms with Gasteiger partial charge in [-0.05, 0) is 24.3 Å². The molecule has 104 valence electrons. The Hall–Kier alpha value is -1.42. The lowest BCUT2D eigenvalue weighted by molar-refractivity contribution is -0.384. The summed E-state index contributed by atoms with van der Waals surface area (Å²) in [6.45, 7) is 4.37. The Morgan fingerprint density at radius 1 is 1.47 bits per heavy atom. The Morgan fingerprint density at radius 2 is 2.26 bits per heavy atom. The van der Waals surface area contributed by atoms with Crippen molar-refractivity contribution >= 4 is 5.69 Å². The first kappa shape index (κ1) is 14.0. The van der Waals surface area contributed by atoms with Crippen LogP contribution in [0.5, 0.6) is 0 Å². The number of nitrogens with zero attached hydrogens (tertiary/aromatic N) is 1. The lowest BCUT2D eigenvalue weighted by Crippen LogP contribution is -2.24. The van der Waals surface area contributed by atoms with Gasteiger partial charge in [0.15, 0.2) is 0 Å². The first-order chi connectivity index (χ1) is 9.15. The van der Waals surface area contributed by atoms with E-state index >= 15 is 0 Å². The molecule has 0 aromatic heterocycles. The van der Waals surface area contributed by atoms with E-state index in [0.29, 0.717) is 6.04 Å². The molecule has 3 unspecified atom stereocenters. The summed E-state index contributed by atoms with van der Waals surface area (Å²) in [5.41, 5.74) is 1.22. The maximum atomic E-state index is 10.9. The Bertz CT molecular complexity index is 448. The van der Waals surface area contributed by atoms with Crippen molar-refractivity contribution in [1.82, 2.24) is 5.32 Å². The van der Waals surface area contributed by atoms with Crippen LogP contribution in [0.4, 0.5) is 5.69 Å². The van der Waals surface area contributed by atoms with Crippen LogP contribution in [-0.2, 0) is 0 Å². The van der Waals surface area contributed by atoms with E-state index in [4.69, 9.17) is 0 Å². The van der Waals surface area contributed by atoms with Crippen LogP contribution in [0, 0.1) is 16.0 Å². The van der Waals surface area contributed by atoms with Crippen molar-refractivity contribution in [3.05, 3.63) is 39.9 Å². The second-order valence-corrected chi connectivity index (χ2v) is 5.37. The van der Waals surface area contributed by atoms with Gasteiger partial charge in [0.05, 0.1) is 4.92 Å². The first-order valence-corrected chi connectivity index (χ1v) is 7.16. The van der Waals surface area contributed by atoms with E-state index in [0.717, 1.165) is 24.3 Å². The molecule has 1 fully saturated rings. The van der Waals surface area contributed by atoms with Crippen LogP contribution in [0.25, 0.3) is 0 Å².